The average molecular weight is 207 g/mol. The summed E-state index contributed by atoms with van der Waals surface area (Å²) in [6.07, 6.45) is 13.2. The Morgan fingerprint density at radius 1 is 1.00 bits per heavy atom. The third kappa shape index (κ3) is 5.21. The van der Waals surface area contributed by atoms with Gasteiger partial charge in [0.05, 0.1) is 6.07 Å². The molecule has 15 heavy (non-hydrogen) atoms. The van der Waals surface area contributed by atoms with Crippen molar-refractivity contribution in [2.75, 3.05) is 0 Å². The van der Waals surface area contributed by atoms with Gasteiger partial charge in [0.25, 0.3) is 0 Å². The van der Waals surface area contributed by atoms with Gasteiger partial charge in [-0.15, -0.1) is 0 Å². The molecule has 1 aliphatic carbocycles. The first-order valence-corrected chi connectivity index (χ1v) is 6.73. The van der Waals surface area contributed by atoms with Gasteiger partial charge in [-0.2, -0.15) is 5.26 Å². The maximum Gasteiger partial charge on any atom is 0.0621 e. The Labute approximate surface area is 94.9 Å². The molecule has 0 bridgehead atoms. The number of nitrogens with zero attached hydrogens (tertiary/aromatic N) is 1. The van der Waals surface area contributed by atoms with Crippen molar-refractivity contribution >= 4 is 0 Å². The monoisotopic (exact) mass is 207 g/mol. The second-order valence-corrected chi connectivity index (χ2v) is 5.08. The summed E-state index contributed by atoms with van der Waals surface area (Å²) in [7, 11) is 0. The lowest BCUT2D eigenvalue weighted by Gasteiger charge is -2.28. The number of rotatable bonds is 6. The van der Waals surface area contributed by atoms with E-state index in [1.54, 1.807) is 0 Å². The molecule has 0 saturated heterocycles. The Kier molecular flexibility index (Phi) is 6.48. The van der Waals surface area contributed by atoms with Crippen LogP contribution in [0.2, 0.25) is 0 Å². The molecule has 1 heteroatoms. The van der Waals surface area contributed by atoms with E-state index in [4.69, 9.17) is 5.26 Å². The third-order valence-electron chi connectivity index (χ3n) is 3.85. The number of nitriles is 1. The third-order valence-corrected chi connectivity index (χ3v) is 3.85. The van der Waals surface area contributed by atoms with Crippen molar-refractivity contribution in [2.45, 2.75) is 71.1 Å². The minimum absolute atomic E-state index is 0.769. The molecular formula is C14H25N. The van der Waals surface area contributed by atoms with Gasteiger partial charge >= 0.3 is 0 Å². The second-order valence-electron chi connectivity index (χ2n) is 5.08. The van der Waals surface area contributed by atoms with Crippen LogP contribution in [0.25, 0.3) is 0 Å². The molecule has 86 valence electrons. The molecule has 0 aliphatic heterocycles. The van der Waals surface area contributed by atoms with Crippen LogP contribution in [-0.2, 0) is 0 Å². The van der Waals surface area contributed by atoms with Gasteiger partial charge in [0.15, 0.2) is 0 Å². The lowest BCUT2D eigenvalue weighted by Crippen LogP contribution is -2.14. The Morgan fingerprint density at radius 3 is 2.13 bits per heavy atom. The molecule has 1 fully saturated rings. The van der Waals surface area contributed by atoms with Gasteiger partial charge in [-0.1, -0.05) is 58.3 Å². The van der Waals surface area contributed by atoms with Crippen LogP contribution >= 0.6 is 0 Å². The molecule has 1 nitrogen and oxygen atoms in total. The standard InChI is InChI=1S/C14H25N/c1-2-3-4-6-13-8-10-14(11-9-13)7-5-12-15/h13-14H,2-11H2,1H3/t13-,14-. The van der Waals surface area contributed by atoms with Gasteiger partial charge in [0.1, 0.15) is 0 Å². The molecule has 0 radical (unpaired) electrons. The van der Waals surface area contributed by atoms with Gasteiger partial charge in [0, 0.05) is 6.42 Å². The zero-order valence-corrected chi connectivity index (χ0v) is 10.2. The SMILES string of the molecule is CCCCC[C@H]1CC[C@H](CCC#N)CC1. The first-order valence-electron chi connectivity index (χ1n) is 6.73. The van der Waals surface area contributed by atoms with E-state index >= 15 is 0 Å². The van der Waals surface area contributed by atoms with Crippen LogP contribution < -0.4 is 0 Å². The first-order chi connectivity index (χ1) is 7.36. The van der Waals surface area contributed by atoms with Crippen LogP contribution in [0.3, 0.4) is 0 Å². The highest BCUT2D eigenvalue weighted by Crippen LogP contribution is 2.33. The molecule has 0 N–H and O–H groups in total. The summed E-state index contributed by atoms with van der Waals surface area (Å²) in [6.45, 7) is 2.28. The number of unbranched alkanes of at least 4 members (excludes halogenated alkanes) is 2. The summed E-state index contributed by atoms with van der Waals surface area (Å²) in [5.74, 6) is 1.88. The van der Waals surface area contributed by atoms with Crippen molar-refractivity contribution in [2.24, 2.45) is 11.8 Å². The van der Waals surface area contributed by atoms with E-state index in [0.29, 0.717) is 0 Å². The van der Waals surface area contributed by atoms with Crippen LogP contribution in [-0.4, -0.2) is 0 Å². The molecule has 0 aromatic rings. The van der Waals surface area contributed by atoms with Crippen LogP contribution in [0.5, 0.6) is 0 Å². The maximum atomic E-state index is 8.54. The lowest BCUT2D eigenvalue weighted by atomic mass is 9.78. The summed E-state index contributed by atoms with van der Waals surface area (Å²) in [5.41, 5.74) is 0. The van der Waals surface area contributed by atoms with Crippen molar-refractivity contribution in [1.82, 2.24) is 0 Å². The summed E-state index contributed by atoms with van der Waals surface area (Å²) in [6, 6.07) is 2.27. The molecule has 0 atom stereocenters. The van der Waals surface area contributed by atoms with E-state index in [0.717, 1.165) is 24.7 Å². The van der Waals surface area contributed by atoms with Gasteiger partial charge in [-0.25, -0.2) is 0 Å². The fourth-order valence-electron chi connectivity index (χ4n) is 2.76. The van der Waals surface area contributed by atoms with Crippen molar-refractivity contribution < 1.29 is 0 Å². The summed E-state index contributed by atoms with van der Waals surface area (Å²) in [4.78, 5) is 0. The van der Waals surface area contributed by atoms with Crippen LogP contribution in [0.1, 0.15) is 71.1 Å². The van der Waals surface area contributed by atoms with E-state index in [9.17, 15) is 0 Å². The fourth-order valence-corrected chi connectivity index (χ4v) is 2.76. The quantitative estimate of drug-likeness (QED) is 0.580. The van der Waals surface area contributed by atoms with Gasteiger partial charge in [0.2, 0.25) is 0 Å². The predicted octanol–water partition coefficient (Wildman–Crippen LogP) is 4.68. The number of hydrogen-bond donors (Lipinski definition) is 0. The Bertz CT molecular complexity index is 184. The first kappa shape index (κ1) is 12.6. The largest absolute Gasteiger partial charge is 0.198 e. The number of hydrogen-bond acceptors (Lipinski definition) is 1. The Balaban J connectivity index is 2.05. The fraction of sp³-hybridized carbons (Fsp3) is 0.929. The van der Waals surface area contributed by atoms with Gasteiger partial charge in [-0.3, -0.25) is 0 Å². The molecule has 0 aromatic carbocycles. The van der Waals surface area contributed by atoms with E-state index in [1.165, 1.54) is 51.4 Å². The average Bonchev–Trinajstić information content (AvgIpc) is 2.28. The predicted molar refractivity (Wildman–Crippen MR) is 64.4 cm³/mol. The van der Waals surface area contributed by atoms with Crippen LogP contribution in [0.15, 0.2) is 0 Å². The lowest BCUT2D eigenvalue weighted by molar-refractivity contribution is 0.250. The topological polar surface area (TPSA) is 23.8 Å². The smallest absolute Gasteiger partial charge is 0.0621 e. The minimum Gasteiger partial charge on any atom is -0.198 e. The van der Waals surface area contributed by atoms with Crippen molar-refractivity contribution in [3.8, 4) is 6.07 Å². The Hall–Kier alpha value is -0.510. The van der Waals surface area contributed by atoms with Crippen molar-refractivity contribution in [1.29, 1.82) is 5.26 Å². The molecule has 1 aliphatic rings. The Morgan fingerprint density at radius 2 is 1.60 bits per heavy atom. The zero-order chi connectivity index (χ0) is 10.9. The molecule has 0 aromatic heterocycles. The highest BCUT2D eigenvalue weighted by molar-refractivity contribution is 4.77. The molecule has 1 rings (SSSR count). The minimum atomic E-state index is 0.769. The molecule has 0 heterocycles. The highest BCUT2D eigenvalue weighted by atomic mass is 14.3. The maximum absolute atomic E-state index is 8.54. The normalized spacial score (nSPS) is 26.1. The molecule has 0 unspecified atom stereocenters. The highest BCUT2D eigenvalue weighted by Gasteiger charge is 2.20. The van der Waals surface area contributed by atoms with Gasteiger partial charge in [-0.05, 0) is 18.3 Å². The van der Waals surface area contributed by atoms with Crippen molar-refractivity contribution in [3.63, 3.8) is 0 Å². The van der Waals surface area contributed by atoms with Gasteiger partial charge < -0.3 is 0 Å². The summed E-state index contributed by atoms with van der Waals surface area (Å²) in [5, 5.41) is 8.54. The molecule has 1 saturated carbocycles. The van der Waals surface area contributed by atoms with Crippen LogP contribution in [0, 0.1) is 23.2 Å². The van der Waals surface area contributed by atoms with Crippen molar-refractivity contribution in [3.05, 3.63) is 0 Å². The summed E-state index contributed by atoms with van der Waals surface area (Å²) >= 11 is 0. The van der Waals surface area contributed by atoms with E-state index in [2.05, 4.69) is 13.0 Å². The van der Waals surface area contributed by atoms with Crippen LogP contribution in [0.4, 0.5) is 0 Å². The zero-order valence-electron chi connectivity index (χ0n) is 10.2. The molecule has 0 amide bonds. The van der Waals surface area contributed by atoms with E-state index < -0.39 is 0 Å². The molecular weight excluding hydrogens is 182 g/mol. The second kappa shape index (κ2) is 7.74. The molecule has 0 spiro atoms. The van der Waals surface area contributed by atoms with E-state index in [1.807, 2.05) is 0 Å². The summed E-state index contributed by atoms with van der Waals surface area (Å²) < 4.78 is 0. The van der Waals surface area contributed by atoms with E-state index in [-0.39, 0.29) is 0 Å².